The van der Waals surface area contributed by atoms with Gasteiger partial charge in [-0.1, -0.05) is 60.7 Å². The van der Waals surface area contributed by atoms with E-state index in [2.05, 4.69) is 15.0 Å². The van der Waals surface area contributed by atoms with Crippen molar-refractivity contribution in [2.24, 2.45) is 9.98 Å². The number of rotatable bonds is 5. The molecule has 196 valence electrons. The summed E-state index contributed by atoms with van der Waals surface area (Å²) in [4.78, 5) is 17.4. The van der Waals surface area contributed by atoms with Gasteiger partial charge in [0.2, 0.25) is 0 Å². The van der Waals surface area contributed by atoms with Crippen LogP contribution in [0.5, 0.6) is 11.5 Å². The molecule has 0 bridgehead atoms. The Balaban J connectivity index is 1.14. The molecular weight excluding hydrogens is 508 g/mol. The van der Waals surface area contributed by atoms with Crippen LogP contribution >= 0.6 is 0 Å². The van der Waals surface area contributed by atoms with Gasteiger partial charge in [0.05, 0.1) is 22.4 Å². The number of phenols is 2. The highest BCUT2D eigenvalue weighted by atomic mass is 16.3. The average molecular weight is 533 g/mol. The number of imidazole rings is 1. The maximum absolute atomic E-state index is 10.4. The predicted octanol–water partition coefficient (Wildman–Crippen LogP) is 8.45. The minimum Gasteiger partial charge on any atom is -0.507 e. The molecule has 0 spiro atoms. The third-order valence-electron chi connectivity index (χ3n) is 7.19. The molecule has 0 fully saturated rings. The Morgan fingerprint density at radius 2 is 1.15 bits per heavy atom. The van der Waals surface area contributed by atoms with Gasteiger partial charge < -0.3 is 15.2 Å². The zero-order chi connectivity index (χ0) is 27.8. The van der Waals surface area contributed by atoms with Gasteiger partial charge in [-0.3, -0.25) is 9.98 Å². The summed E-state index contributed by atoms with van der Waals surface area (Å²) < 4.78 is 0. The normalized spacial score (nSPS) is 11.9. The molecule has 0 saturated carbocycles. The van der Waals surface area contributed by atoms with Crippen LogP contribution < -0.4 is 0 Å². The number of aromatic nitrogens is 2. The van der Waals surface area contributed by atoms with E-state index in [1.165, 1.54) is 0 Å². The molecule has 1 aromatic heterocycles. The smallest absolute Gasteiger partial charge is 0.138 e. The zero-order valence-corrected chi connectivity index (χ0v) is 21.9. The van der Waals surface area contributed by atoms with Crippen molar-refractivity contribution < 1.29 is 10.2 Å². The number of nitrogens with zero attached hydrogens (tertiary/aromatic N) is 3. The number of hydrogen-bond donors (Lipinski definition) is 3. The van der Waals surface area contributed by atoms with E-state index >= 15 is 0 Å². The SMILES string of the molecule is Oc1ccc2ccccc2c1C=Nc1ccc(-c2nc3cc(N=Cc4c(O)ccc5ccccc45)ccc3[nH]2)cc1. The number of nitrogens with one attached hydrogen (secondary N) is 1. The van der Waals surface area contributed by atoms with Crippen LogP contribution in [0.25, 0.3) is 44.0 Å². The van der Waals surface area contributed by atoms with Gasteiger partial charge in [0.15, 0.2) is 0 Å². The lowest BCUT2D eigenvalue weighted by atomic mass is 10.0. The summed E-state index contributed by atoms with van der Waals surface area (Å²) in [6.45, 7) is 0. The van der Waals surface area contributed by atoms with Crippen molar-refractivity contribution in [3.05, 3.63) is 126 Å². The van der Waals surface area contributed by atoms with Crippen molar-refractivity contribution in [3.8, 4) is 22.9 Å². The molecule has 0 aliphatic heterocycles. The quantitative estimate of drug-likeness (QED) is 0.194. The van der Waals surface area contributed by atoms with E-state index in [-0.39, 0.29) is 11.5 Å². The Kier molecular flexibility index (Phi) is 5.98. The van der Waals surface area contributed by atoms with Crippen LogP contribution in [0.15, 0.2) is 125 Å². The van der Waals surface area contributed by atoms with Crippen molar-refractivity contribution in [2.75, 3.05) is 0 Å². The van der Waals surface area contributed by atoms with E-state index < -0.39 is 0 Å². The fraction of sp³-hybridized carbons (Fsp3) is 0. The summed E-state index contributed by atoms with van der Waals surface area (Å²) in [5.41, 5.74) is 5.52. The Bertz CT molecular complexity index is 2130. The molecule has 6 nitrogen and oxygen atoms in total. The molecule has 3 N–H and O–H groups in total. The Labute approximate surface area is 235 Å². The Hall–Kier alpha value is -5.75. The van der Waals surface area contributed by atoms with Crippen molar-refractivity contribution in [2.45, 2.75) is 0 Å². The van der Waals surface area contributed by atoms with E-state index in [1.54, 1.807) is 24.6 Å². The minimum atomic E-state index is 0.192. The number of benzene rings is 6. The van der Waals surface area contributed by atoms with Gasteiger partial charge in [-0.25, -0.2) is 4.98 Å². The van der Waals surface area contributed by atoms with Crippen LogP contribution in [0.2, 0.25) is 0 Å². The predicted molar refractivity (Wildman–Crippen MR) is 167 cm³/mol. The van der Waals surface area contributed by atoms with Crippen LogP contribution in [-0.4, -0.2) is 32.6 Å². The summed E-state index contributed by atoms with van der Waals surface area (Å²) in [7, 11) is 0. The Morgan fingerprint density at radius 1 is 0.585 bits per heavy atom. The molecule has 0 aliphatic rings. The van der Waals surface area contributed by atoms with Crippen LogP contribution in [0, 0.1) is 0 Å². The molecule has 41 heavy (non-hydrogen) atoms. The second-order valence-corrected chi connectivity index (χ2v) is 9.79. The molecule has 6 aromatic carbocycles. The van der Waals surface area contributed by atoms with Gasteiger partial charge in [0, 0.05) is 29.1 Å². The first-order valence-electron chi connectivity index (χ1n) is 13.2. The molecule has 0 radical (unpaired) electrons. The van der Waals surface area contributed by atoms with E-state index in [1.807, 2.05) is 103 Å². The van der Waals surface area contributed by atoms with Crippen molar-refractivity contribution in [1.82, 2.24) is 9.97 Å². The van der Waals surface area contributed by atoms with Crippen LogP contribution in [-0.2, 0) is 0 Å². The second-order valence-electron chi connectivity index (χ2n) is 9.79. The topological polar surface area (TPSA) is 93.9 Å². The highest BCUT2D eigenvalue weighted by molar-refractivity contribution is 6.04. The molecule has 0 unspecified atom stereocenters. The maximum atomic E-state index is 10.4. The fourth-order valence-corrected chi connectivity index (χ4v) is 5.03. The standard InChI is InChI=1S/C35H24N4O2/c40-33-17-11-22-5-1-3-7-27(22)29(33)20-36-25-13-9-24(10-14-25)35-38-31-16-15-26(19-32(31)39-35)37-21-30-28-8-4-2-6-23(28)12-18-34(30)41/h1-21,40-41H,(H,38,39). The fourth-order valence-electron chi connectivity index (χ4n) is 5.03. The zero-order valence-electron chi connectivity index (χ0n) is 21.9. The largest absolute Gasteiger partial charge is 0.507 e. The number of hydrogen-bond acceptors (Lipinski definition) is 5. The first-order valence-corrected chi connectivity index (χ1v) is 13.2. The van der Waals surface area contributed by atoms with Crippen molar-refractivity contribution in [1.29, 1.82) is 0 Å². The molecule has 1 heterocycles. The first kappa shape index (κ1) is 24.3. The molecule has 7 aromatic rings. The van der Waals surface area contributed by atoms with Gasteiger partial charge in [-0.2, -0.15) is 0 Å². The Morgan fingerprint density at radius 3 is 1.78 bits per heavy atom. The first-order chi connectivity index (χ1) is 20.1. The lowest BCUT2D eigenvalue weighted by Gasteiger charge is -2.04. The number of phenolic OH excluding ortho intramolecular Hbond substituents is 2. The lowest BCUT2D eigenvalue weighted by Crippen LogP contribution is -1.86. The van der Waals surface area contributed by atoms with Crippen molar-refractivity contribution in [3.63, 3.8) is 0 Å². The van der Waals surface area contributed by atoms with E-state index in [9.17, 15) is 10.2 Å². The van der Waals surface area contributed by atoms with E-state index in [0.717, 1.165) is 55.3 Å². The van der Waals surface area contributed by atoms with E-state index in [4.69, 9.17) is 4.98 Å². The van der Waals surface area contributed by atoms with Crippen molar-refractivity contribution >= 4 is 56.4 Å². The highest BCUT2D eigenvalue weighted by Crippen LogP contribution is 2.29. The maximum Gasteiger partial charge on any atom is 0.138 e. The van der Waals surface area contributed by atoms with Crippen LogP contribution in [0.4, 0.5) is 11.4 Å². The molecule has 6 heteroatoms. The summed E-state index contributed by atoms with van der Waals surface area (Å²) in [5.74, 6) is 1.14. The monoisotopic (exact) mass is 532 g/mol. The number of aromatic hydroxyl groups is 2. The molecule has 0 atom stereocenters. The van der Waals surface area contributed by atoms with Gasteiger partial charge in [-0.05, 0) is 76.1 Å². The van der Waals surface area contributed by atoms with Crippen LogP contribution in [0.1, 0.15) is 11.1 Å². The molecular formula is C35H24N4O2. The number of fused-ring (bicyclic) bond motifs is 3. The molecule has 0 saturated heterocycles. The summed E-state index contributed by atoms with van der Waals surface area (Å²) >= 11 is 0. The van der Waals surface area contributed by atoms with Gasteiger partial charge in [-0.15, -0.1) is 0 Å². The summed E-state index contributed by atoms with van der Waals surface area (Å²) in [5, 5.41) is 24.8. The highest BCUT2D eigenvalue weighted by Gasteiger charge is 2.08. The second kappa shape index (κ2) is 10.1. The van der Waals surface area contributed by atoms with Gasteiger partial charge in [0.25, 0.3) is 0 Å². The average Bonchev–Trinajstić information content (AvgIpc) is 3.44. The molecule has 0 amide bonds. The van der Waals surface area contributed by atoms with Crippen LogP contribution in [0.3, 0.4) is 0 Å². The van der Waals surface area contributed by atoms with Gasteiger partial charge >= 0.3 is 0 Å². The third kappa shape index (κ3) is 4.68. The summed E-state index contributed by atoms with van der Waals surface area (Å²) in [6, 6.07) is 36.6. The number of H-pyrrole nitrogens is 1. The number of aliphatic imine (C=N–C) groups is 2. The molecule has 7 rings (SSSR count). The van der Waals surface area contributed by atoms with Gasteiger partial charge in [0.1, 0.15) is 17.3 Å². The number of aromatic amines is 1. The lowest BCUT2D eigenvalue weighted by molar-refractivity contribution is 0.475. The molecule has 0 aliphatic carbocycles. The van der Waals surface area contributed by atoms with E-state index in [0.29, 0.717) is 11.1 Å². The summed E-state index contributed by atoms with van der Waals surface area (Å²) in [6.07, 6.45) is 3.40. The third-order valence-corrected chi connectivity index (χ3v) is 7.19. The minimum absolute atomic E-state index is 0.192.